The van der Waals surface area contributed by atoms with E-state index in [0.717, 1.165) is 0 Å². The summed E-state index contributed by atoms with van der Waals surface area (Å²) in [5.41, 5.74) is -0.512. The summed E-state index contributed by atoms with van der Waals surface area (Å²) in [6.07, 6.45) is -1.23. The van der Waals surface area contributed by atoms with E-state index >= 15 is 0 Å². The molecule has 0 aromatic rings. The largest absolute Gasteiger partial charge is 0.444 e. The lowest BCUT2D eigenvalue weighted by atomic mass is 10.2. The molecule has 0 radical (unpaired) electrons. The van der Waals surface area contributed by atoms with Gasteiger partial charge in [-0.15, -0.1) is 0 Å². The van der Waals surface area contributed by atoms with E-state index in [2.05, 4.69) is 5.32 Å². The second-order valence-electron chi connectivity index (χ2n) is 4.36. The SMILES string of the molecule is CC(C)(C)OC(=O)N1CCNC[C@@H]1O. The molecular weight excluding hydrogens is 184 g/mol. The van der Waals surface area contributed by atoms with Crippen molar-refractivity contribution in [1.82, 2.24) is 10.2 Å². The number of ether oxygens (including phenoxy) is 1. The van der Waals surface area contributed by atoms with E-state index in [1.165, 1.54) is 4.90 Å². The van der Waals surface area contributed by atoms with Crippen molar-refractivity contribution in [2.75, 3.05) is 19.6 Å². The zero-order chi connectivity index (χ0) is 10.8. The average Bonchev–Trinajstić information content (AvgIpc) is 2.01. The van der Waals surface area contributed by atoms with Gasteiger partial charge in [-0.2, -0.15) is 0 Å². The number of hydrogen-bond acceptors (Lipinski definition) is 4. The van der Waals surface area contributed by atoms with Crippen LogP contribution < -0.4 is 5.32 Å². The maximum absolute atomic E-state index is 11.5. The van der Waals surface area contributed by atoms with Crippen LogP contribution in [0.4, 0.5) is 4.79 Å². The molecule has 1 rings (SSSR count). The van der Waals surface area contributed by atoms with Crippen LogP contribution in [0.3, 0.4) is 0 Å². The molecule has 1 fully saturated rings. The number of nitrogens with zero attached hydrogens (tertiary/aromatic N) is 1. The Morgan fingerprint density at radius 2 is 2.21 bits per heavy atom. The molecule has 5 nitrogen and oxygen atoms in total. The van der Waals surface area contributed by atoms with Crippen molar-refractivity contribution in [1.29, 1.82) is 0 Å². The molecule has 0 saturated carbocycles. The molecule has 1 aliphatic rings. The Labute approximate surface area is 84.0 Å². The molecule has 14 heavy (non-hydrogen) atoms. The minimum Gasteiger partial charge on any atom is -0.444 e. The molecule has 0 aliphatic carbocycles. The first-order chi connectivity index (χ1) is 6.40. The van der Waals surface area contributed by atoms with E-state index in [4.69, 9.17) is 4.74 Å². The molecule has 1 saturated heterocycles. The maximum atomic E-state index is 11.5. The van der Waals surface area contributed by atoms with Crippen LogP contribution in [0.5, 0.6) is 0 Å². The Bertz CT molecular complexity index is 213. The van der Waals surface area contributed by atoms with Crippen LogP contribution in [0, 0.1) is 0 Å². The van der Waals surface area contributed by atoms with Gasteiger partial charge in [0.05, 0.1) is 0 Å². The summed E-state index contributed by atoms with van der Waals surface area (Å²) in [5.74, 6) is 0. The van der Waals surface area contributed by atoms with Gasteiger partial charge >= 0.3 is 6.09 Å². The molecule has 1 aliphatic heterocycles. The topological polar surface area (TPSA) is 61.8 Å². The Balaban J connectivity index is 2.50. The van der Waals surface area contributed by atoms with E-state index in [9.17, 15) is 9.90 Å². The third-order valence-corrected chi connectivity index (χ3v) is 1.84. The van der Waals surface area contributed by atoms with E-state index in [1.54, 1.807) is 20.8 Å². The number of carbonyl (C=O) groups excluding carboxylic acids is 1. The normalized spacial score (nSPS) is 23.4. The number of aliphatic hydroxyl groups excluding tert-OH is 1. The van der Waals surface area contributed by atoms with Crippen LogP contribution in [-0.2, 0) is 4.74 Å². The number of carbonyl (C=O) groups is 1. The molecule has 0 aromatic carbocycles. The first kappa shape index (κ1) is 11.3. The summed E-state index contributed by atoms with van der Waals surface area (Å²) in [6, 6.07) is 0. The lowest BCUT2D eigenvalue weighted by Crippen LogP contribution is -2.54. The predicted octanol–water partition coefficient (Wildman–Crippen LogP) is 0.145. The van der Waals surface area contributed by atoms with Gasteiger partial charge in [0.15, 0.2) is 0 Å². The van der Waals surface area contributed by atoms with E-state index in [0.29, 0.717) is 19.6 Å². The molecule has 0 aromatic heterocycles. The van der Waals surface area contributed by atoms with Gasteiger partial charge in [0, 0.05) is 19.6 Å². The molecule has 0 unspecified atom stereocenters. The molecule has 5 heteroatoms. The average molecular weight is 202 g/mol. The zero-order valence-electron chi connectivity index (χ0n) is 8.91. The Morgan fingerprint density at radius 1 is 1.57 bits per heavy atom. The molecule has 82 valence electrons. The fourth-order valence-electron chi connectivity index (χ4n) is 1.22. The molecule has 1 heterocycles. The summed E-state index contributed by atoms with van der Waals surface area (Å²) >= 11 is 0. The van der Waals surface area contributed by atoms with Gasteiger partial charge < -0.3 is 15.2 Å². The number of β-amino-alcohol motifs (C(OH)–C–C–N with tert-alkyl or cyclic N) is 1. The number of rotatable bonds is 0. The molecular formula is C9H18N2O3. The van der Waals surface area contributed by atoms with Crippen molar-refractivity contribution in [3.05, 3.63) is 0 Å². The van der Waals surface area contributed by atoms with Gasteiger partial charge in [-0.1, -0.05) is 0 Å². The first-order valence-electron chi connectivity index (χ1n) is 4.78. The fraction of sp³-hybridized carbons (Fsp3) is 0.889. The van der Waals surface area contributed by atoms with E-state index in [1.807, 2.05) is 0 Å². The van der Waals surface area contributed by atoms with Crippen molar-refractivity contribution in [2.45, 2.75) is 32.6 Å². The van der Waals surface area contributed by atoms with Gasteiger partial charge in [0.25, 0.3) is 0 Å². The first-order valence-corrected chi connectivity index (χ1v) is 4.78. The second-order valence-corrected chi connectivity index (χ2v) is 4.36. The van der Waals surface area contributed by atoms with Gasteiger partial charge in [-0.25, -0.2) is 4.79 Å². The number of aliphatic hydroxyl groups is 1. The van der Waals surface area contributed by atoms with Crippen LogP contribution in [0.25, 0.3) is 0 Å². The van der Waals surface area contributed by atoms with Crippen LogP contribution in [-0.4, -0.2) is 47.6 Å². The molecule has 0 bridgehead atoms. The minimum absolute atomic E-state index is 0.402. The summed E-state index contributed by atoms with van der Waals surface area (Å²) in [6.45, 7) is 6.99. The third kappa shape index (κ3) is 3.16. The van der Waals surface area contributed by atoms with Crippen molar-refractivity contribution < 1.29 is 14.6 Å². The van der Waals surface area contributed by atoms with Crippen LogP contribution in [0.2, 0.25) is 0 Å². The number of piperazine rings is 1. The number of nitrogens with one attached hydrogen (secondary N) is 1. The summed E-state index contributed by atoms with van der Waals surface area (Å²) in [4.78, 5) is 12.9. The fourth-order valence-corrected chi connectivity index (χ4v) is 1.22. The standard InChI is InChI=1S/C9H18N2O3/c1-9(2,3)14-8(13)11-5-4-10-6-7(11)12/h7,10,12H,4-6H2,1-3H3/t7-/m0/s1. The molecule has 1 atom stereocenters. The minimum atomic E-state index is -0.779. The number of amides is 1. The van der Waals surface area contributed by atoms with Gasteiger partial charge in [0.1, 0.15) is 11.8 Å². The summed E-state index contributed by atoms with van der Waals surface area (Å²) in [7, 11) is 0. The quantitative estimate of drug-likeness (QED) is 0.587. The maximum Gasteiger partial charge on any atom is 0.412 e. The van der Waals surface area contributed by atoms with Crippen LogP contribution >= 0.6 is 0 Å². The van der Waals surface area contributed by atoms with Gasteiger partial charge in [-0.05, 0) is 20.8 Å². The Morgan fingerprint density at radius 3 is 2.71 bits per heavy atom. The molecule has 0 spiro atoms. The molecule has 2 N–H and O–H groups in total. The highest BCUT2D eigenvalue weighted by molar-refractivity contribution is 5.68. The highest BCUT2D eigenvalue weighted by atomic mass is 16.6. The smallest absolute Gasteiger partial charge is 0.412 e. The molecule has 1 amide bonds. The highest BCUT2D eigenvalue weighted by Crippen LogP contribution is 2.11. The lowest BCUT2D eigenvalue weighted by Gasteiger charge is -2.34. The number of hydrogen-bond donors (Lipinski definition) is 2. The Hall–Kier alpha value is -0.810. The van der Waals surface area contributed by atoms with E-state index < -0.39 is 17.9 Å². The predicted molar refractivity (Wildman–Crippen MR) is 51.8 cm³/mol. The third-order valence-electron chi connectivity index (χ3n) is 1.84. The highest BCUT2D eigenvalue weighted by Gasteiger charge is 2.28. The zero-order valence-corrected chi connectivity index (χ0v) is 8.91. The lowest BCUT2D eigenvalue weighted by molar-refractivity contribution is -0.0385. The van der Waals surface area contributed by atoms with Crippen molar-refractivity contribution in [2.24, 2.45) is 0 Å². The van der Waals surface area contributed by atoms with Crippen LogP contribution in [0.1, 0.15) is 20.8 Å². The van der Waals surface area contributed by atoms with Gasteiger partial charge in [-0.3, -0.25) is 4.90 Å². The van der Waals surface area contributed by atoms with Crippen LogP contribution in [0.15, 0.2) is 0 Å². The van der Waals surface area contributed by atoms with Crippen molar-refractivity contribution in [3.8, 4) is 0 Å². The second kappa shape index (κ2) is 4.14. The van der Waals surface area contributed by atoms with Crippen molar-refractivity contribution in [3.63, 3.8) is 0 Å². The summed E-state index contributed by atoms with van der Waals surface area (Å²) in [5, 5.41) is 12.5. The van der Waals surface area contributed by atoms with E-state index in [-0.39, 0.29) is 0 Å². The summed E-state index contributed by atoms with van der Waals surface area (Å²) < 4.78 is 5.15. The monoisotopic (exact) mass is 202 g/mol. The van der Waals surface area contributed by atoms with Gasteiger partial charge in [0.2, 0.25) is 0 Å². The van der Waals surface area contributed by atoms with Crippen molar-refractivity contribution >= 4 is 6.09 Å². The Kier molecular flexibility index (Phi) is 3.34.